The first-order valence-electron chi connectivity index (χ1n) is 10.8. The quantitative estimate of drug-likeness (QED) is 0.381. The Labute approximate surface area is 203 Å². The average Bonchev–Trinajstić information content (AvgIpc) is 3.57. The third kappa shape index (κ3) is 3.60. The molecule has 2 aromatic carbocycles. The summed E-state index contributed by atoms with van der Waals surface area (Å²) in [4.78, 5) is 22.9. The summed E-state index contributed by atoms with van der Waals surface area (Å²) >= 11 is 1.43. The minimum absolute atomic E-state index is 0.217. The van der Waals surface area contributed by atoms with Gasteiger partial charge in [0, 0.05) is 16.3 Å². The molecule has 35 heavy (non-hydrogen) atoms. The predicted octanol–water partition coefficient (Wildman–Crippen LogP) is 4.76. The lowest BCUT2D eigenvalue weighted by atomic mass is 10.1. The van der Waals surface area contributed by atoms with Crippen molar-refractivity contribution in [1.82, 2.24) is 29.4 Å². The van der Waals surface area contributed by atoms with Crippen molar-refractivity contribution < 1.29 is 9.53 Å². The van der Waals surface area contributed by atoms with Crippen molar-refractivity contribution in [2.75, 3.05) is 12.4 Å². The highest BCUT2D eigenvalue weighted by Crippen LogP contribution is 2.32. The van der Waals surface area contributed by atoms with Crippen LogP contribution in [0, 0.1) is 6.92 Å². The van der Waals surface area contributed by atoms with E-state index in [4.69, 9.17) is 4.74 Å². The highest BCUT2D eigenvalue weighted by atomic mass is 32.1. The summed E-state index contributed by atoms with van der Waals surface area (Å²) in [5.41, 5.74) is 3.67. The lowest BCUT2D eigenvalue weighted by Crippen LogP contribution is -2.14. The first-order chi connectivity index (χ1) is 17.1. The van der Waals surface area contributed by atoms with Gasteiger partial charge >= 0.3 is 0 Å². The Morgan fingerprint density at radius 1 is 1.03 bits per heavy atom. The molecule has 0 spiro atoms. The third-order valence-corrected chi connectivity index (χ3v) is 6.56. The summed E-state index contributed by atoms with van der Waals surface area (Å²) < 4.78 is 8.84. The van der Waals surface area contributed by atoms with Crippen LogP contribution in [0.25, 0.3) is 32.9 Å². The monoisotopic (exact) mass is 481 g/mol. The molecule has 10 heteroatoms. The van der Waals surface area contributed by atoms with Gasteiger partial charge in [-0.2, -0.15) is 10.1 Å². The second kappa shape index (κ2) is 8.33. The number of carbonyl (C=O) groups is 1. The molecule has 4 heterocycles. The molecule has 6 aromatic rings. The fourth-order valence-electron chi connectivity index (χ4n) is 3.98. The van der Waals surface area contributed by atoms with Crippen molar-refractivity contribution >= 4 is 39.1 Å². The van der Waals surface area contributed by atoms with Gasteiger partial charge in [-0.25, -0.2) is 14.2 Å². The zero-order valence-corrected chi connectivity index (χ0v) is 19.7. The minimum Gasteiger partial charge on any atom is -0.496 e. The summed E-state index contributed by atoms with van der Waals surface area (Å²) in [6, 6.07) is 19.4. The molecule has 0 aliphatic rings. The molecule has 0 bridgehead atoms. The van der Waals surface area contributed by atoms with E-state index in [-0.39, 0.29) is 11.9 Å². The van der Waals surface area contributed by atoms with Crippen molar-refractivity contribution in [2.24, 2.45) is 0 Å². The fourth-order valence-corrected chi connectivity index (χ4v) is 4.80. The molecule has 1 amide bonds. The zero-order chi connectivity index (χ0) is 23.9. The Kier molecular flexibility index (Phi) is 5.00. The van der Waals surface area contributed by atoms with Crippen LogP contribution in [0.15, 0.2) is 72.2 Å². The van der Waals surface area contributed by atoms with Crippen LogP contribution >= 0.6 is 11.3 Å². The van der Waals surface area contributed by atoms with E-state index >= 15 is 0 Å². The largest absolute Gasteiger partial charge is 0.496 e. The molecule has 0 fully saturated rings. The molecule has 0 saturated carbocycles. The molecule has 0 aliphatic heterocycles. The number of nitrogens with one attached hydrogen (secondary N) is 1. The van der Waals surface area contributed by atoms with Gasteiger partial charge in [0.15, 0.2) is 5.82 Å². The van der Waals surface area contributed by atoms with Crippen molar-refractivity contribution in [3.63, 3.8) is 0 Å². The van der Waals surface area contributed by atoms with Crippen LogP contribution in [-0.4, -0.2) is 42.4 Å². The summed E-state index contributed by atoms with van der Waals surface area (Å²) in [5.74, 6) is 1.25. The maximum Gasteiger partial charge on any atom is 0.261 e. The fraction of sp³-hybridized carbons (Fsp3) is 0.0800. The Morgan fingerprint density at radius 3 is 2.74 bits per heavy atom. The molecule has 4 aromatic heterocycles. The molecule has 9 nitrogen and oxygen atoms in total. The van der Waals surface area contributed by atoms with Gasteiger partial charge in [0.1, 0.15) is 5.75 Å². The average molecular weight is 482 g/mol. The van der Waals surface area contributed by atoms with E-state index in [1.165, 1.54) is 17.5 Å². The van der Waals surface area contributed by atoms with Gasteiger partial charge in [0.2, 0.25) is 4.96 Å². The number of hydrogen-bond donors (Lipinski definition) is 1. The van der Waals surface area contributed by atoms with E-state index in [0.29, 0.717) is 22.0 Å². The van der Waals surface area contributed by atoms with Crippen LogP contribution in [0.5, 0.6) is 5.75 Å². The Morgan fingerprint density at radius 2 is 1.86 bits per heavy atom. The van der Waals surface area contributed by atoms with Crippen molar-refractivity contribution in [2.45, 2.75) is 6.92 Å². The highest BCUT2D eigenvalue weighted by Gasteiger charge is 2.20. The summed E-state index contributed by atoms with van der Waals surface area (Å²) in [7, 11) is 1.63. The van der Waals surface area contributed by atoms with Crippen LogP contribution in [0.3, 0.4) is 0 Å². The number of ether oxygens (including phenoxy) is 1. The smallest absolute Gasteiger partial charge is 0.261 e. The van der Waals surface area contributed by atoms with Gasteiger partial charge in [-0.15, -0.1) is 16.4 Å². The maximum absolute atomic E-state index is 13.1. The molecule has 0 saturated heterocycles. The first-order valence-corrected chi connectivity index (χ1v) is 11.7. The Hall–Kier alpha value is -4.57. The van der Waals surface area contributed by atoms with E-state index in [1.54, 1.807) is 16.3 Å². The number of para-hydroxylation sites is 2. The van der Waals surface area contributed by atoms with Gasteiger partial charge in [-0.1, -0.05) is 30.3 Å². The summed E-state index contributed by atoms with van der Waals surface area (Å²) in [6.07, 6.45) is 1.53. The number of amides is 1. The lowest BCUT2D eigenvalue weighted by molar-refractivity contribution is 0.102. The normalized spacial score (nSPS) is 11.3. The van der Waals surface area contributed by atoms with Crippen LogP contribution in [-0.2, 0) is 0 Å². The third-order valence-electron chi connectivity index (χ3n) is 5.75. The number of anilines is 1. The minimum atomic E-state index is -0.341. The van der Waals surface area contributed by atoms with Crippen molar-refractivity contribution in [3.05, 3.63) is 83.5 Å². The highest BCUT2D eigenvalue weighted by molar-refractivity contribution is 7.15. The molecule has 0 radical (unpaired) electrons. The number of rotatable bonds is 5. The molecule has 0 unspecified atom stereocenters. The summed E-state index contributed by atoms with van der Waals surface area (Å²) in [5, 5.41) is 14.7. The molecular formula is C25H19N7O2S. The number of aromatic nitrogens is 6. The predicted molar refractivity (Wildman–Crippen MR) is 134 cm³/mol. The van der Waals surface area contributed by atoms with Crippen LogP contribution in [0.4, 0.5) is 5.95 Å². The first kappa shape index (κ1) is 21.0. The standard InChI is InChI=1S/C25H19N7O2S/c1-15-18(13-26-31(15)22-12-11-16-7-3-5-9-19(16)27-22)23(33)28-24-29-25-32(30-24)20(14-35-25)17-8-4-6-10-21(17)34-2/h3-14H,1-2H3,(H,28,30,33). The topological polar surface area (TPSA) is 99.2 Å². The zero-order valence-electron chi connectivity index (χ0n) is 18.8. The Bertz CT molecular complexity index is 1720. The SMILES string of the molecule is COc1ccccc1-c1csc2nc(NC(=O)c3cnn(-c4ccc5ccccc5n4)c3C)nn12. The van der Waals surface area contributed by atoms with E-state index in [9.17, 15) is 4.79 Å². The summed E-state index contributed by atoms with van der Waals surface area (Å²) in [6.45, 7) is 1.83. The molecule has 1 N–H and O–H groups in total. The Balaban J connectivity index is 1.29. The molecule has 172 valence electrons. The molecule has 0 aliphatic carbocycles. The lowest BCUT2D eigenvalue weighted by Gasteiger charge is -2.06. The molecule has 0 atom stereocenters. The number of pyridine rings is 1. The number of nitrogens with zero attached hydrogens (tertiary/aromatic N) is 6. The van der Waals surface area contributed by atoms with E-state index in [1.807, 2.05) is 73.0 Å². The number of benzene rings is 2. The number of thiazole rings is 1. The number of hydrogen-bond acceptors (Lipinski definition) is 7. The molecular weight excluding hydrogens is 462 g/mol. The van der Waals surface area contributed by atoms with Gasteiger partial charge in [-0.3, -0.25) is 10.1 Å². The van der Waals surface area contributed by atoms with E-state index in [0.717, 1.165) is 27.9 Å². The van der Waals surface area contributed by atoms with Crippen molar-refractivity contribution in [1.29, 1.82) is 0 Å². The van der Waals surface area contributed by atoms with Gasteiger partial charge in [0.05, 0.1) is 35.8 Å². The molecule has 6 rings (SSSR count). The number of fused-ring (bicyclic) bond motifs is 2. The van der Waals surface area contributed by atoms with Gasteiger partial charge in [0.25, 0.3) is 11.9 Å². The van der Waals surface area contributed by atoms with E-state index < -0.39 is 0 Å². The van der Waals surface area contributed by atoms with Crippen LogP contribution < -0.4 is 10.1 Å². The second-order valence-corrected chi connectivity index (χ2v) is 8.66. The maximum atomic E-state index is 13.1. The van der Waals surface area contributed by atoms with Crippen LogP contribution in [0.2, 0.25) is 0 Å². The number of carbonyl (C=O) groups excluding carboxylic acids is 1. The van der Waals surface area contributed by atoms with Gasteiger partial charge < -0.3 is 4.74 Å². The van der Waals surface area contributed by atoms with Crippen molar-refractivity contribution in [3.8, 4) is 22.8 Å². The van der Waals surface area contributed by atoms with E-state index in [2.05, 4.69) is 25.5 Å². The van der Waals surface area contributed by atoms with Crippen LogP contribution in [0.1, 0.15) is 16.1 Å². The number of methoxy groups -OCH3 is 1. The van der Waals surface area contributed by atoms with Gasteiger partial charge in [-0.05, 0) is 37.3 Å². The second-order valence-electron chi connectivity index (χ2n) is 7.82.